The molecule has 3 atom stereocenters. The minimum Gasteiger partial charge on any atom is -0.493 e. The molecule has 2 aromatic carbocycles. The smallest absolute Gasteiger partial charge is 0.309 e. The van der Waals surface area contributed by atoms with E-state index < -0.39 is 0 Å². The van der Waals surface area contributed by atoms with E-state index in [1.54, 1.807) is 0 Å². The van der Waals surface area contributed by atoms with E-state index in [-0.39, 0.29) is 24.0 Å². The van der Waals surface area contributed by atoms with Crippen LogP contribution >= 0.6 is 0 Å². The highest BCUT2D eigenvalue weighted by atomic mass is 16.5. The molecule has 1 N–H and O–H groups in total. The van der Waals surface area contributed by atoms with Gasteiger partial charge in [-0.3, -0.25) is 4.79 Å². The standard InChI is InChI=1S/C26H31NO4/c1-4-21(26(28)29-3)23-12-10-19-16-20(11-13-22(19)23)30-15-14-24-17(2)27-25(31-24)18-8-6-5-7-9-18/h5-9,11,13,16,21,23,25,27H,4,10,12,14-15H2,1-3H3. The van der Waals surface area contributed by atoms with Crippen LogP contribution in [0.25, 0.3) is 0 Å². The molecule has 1 aliphatic heterocycles. The molecule has 3 unspecified atom stereocenters. The summed E-state index contributed by atoms with van der Waals surface area (Å²) in [6.07, 6.45) is 3.33. The molecule has 0 saturated carbocycles. The molecule has 0 bridgehead atoms. The lowest BCUT2D eigenvalue weighted by Crippen LogP contribution is -2.21. The fourth-order valence-corrected chi connectivity index (χ4v) is 4.73. The highest BCUT2D eigenvalue weighted by Crippen LogP contribution is 2.41. The predicted molar refractivity (Wildman–Crippen MR) is 120 cm³/mol. The highest BCUT2D eigenvalue weighted by molar-refractivity contribution is 5.74. The van der Waals surface area contributed by atoms with Crippen molar-refractivity contribution in [3.8, 4) is 5.75 Å². The van der Waals surface area contributed by atoms with Gasteiger partial charge in [0.25, 0.3) is 0 Å². The van der Waals surface area contributed by atoms with Gasteiger partial charge in [-0.05, 0) is 55.4 Å². The van der Waals surface area contributed by atoms with Crippen LogP contribution in [-0.4, -0.2) is 19.7 Å². The molecule has 2 aliphatic rings. The molecule has 5 nitrogen and oxygen atoms in total. The van der Waals surface area contributed by atoms with E-state index in [1.807, 2.05) is 31.2 Å². The van der Waals surface area contributed by atoms with E-state index in [2.05, 4.69) is 36.5 Å². The van der Waals surface area contributed by atoms with E-state index >= 15 is 0 Å². The highest BCUT2D eigenvalue weighted by Gasteiger charge is 2.34. The van der Waals surface area contributed by atoms with Crippen molar-refractivity contribution < 1.29 is 19.0 Å². The first-order valence-electron chi connectivity index (χ1n) is 11.1. The lowest BCUT2D eigenvalue weighted by Gasteiger charge is -2.21. The molecule has 0 saturated heterocycles. The van der Waals surface area contributed by atoms with Crippen molar-refractivity contribution in [1.82, 2.24) is 5.32 Å². The Hall–Kier alpha value is -2.95. The van der Waals surface area contributed by atoms with Gasteiger partial charge in [0.05, 0.1) is 19.6 Å². The van der Waals surface area contributed by atoms with Crippen molar-refractivity contribution in [2.45, 2.75) is 51.7 Å². The van der Waals surface area contributed by atoms with Crippen LogP contribution in [-0.2, 0) is 20.7 Å². The number of methoxy groups -OCH3 is 1. The van der Waals surface area contributed by atoms with Gasteiger partial charge >= 0.3 is 5.97 Å². The summed E-state index contributed by atoms with van der Waals surface area (Å²) in [5, 5.41) is 3.40. The number of carbonyl (C=O) groups is 1. The zero-order valence-corrected chi connectivity index (χ0v) is 18.5. The number of fused-ring (bicyclic) bond motifs is 1. The van der Waals surface area contributed by atoms with Gasteiger partial charge in [-0.25, -0.2) is 0 Å². The molecule has 5 heteroatoms. The third-order valence-corrected chi connectivity index (χ3v) is 6.39. The van der Waals surface area contributed by atoms with Crippen LogP contribution in [0.3, 0.4) is 0 Å². The maximum atomic E-state index is 12.1. The number of benzene rings is 2. The predicted octanol–water partition coefficient (Wildman–Crippen LogP) is 5.23. The number of hydrogen-bond donors (Lipinski definition) is 1. The van der Waals surface area contributed by atoms with Gasteiger partial charge in [0.2, 0.25) is 0 Å². The Morgan fingerprint density at radius 1 is 1.23 bits per heavy atom. The normalized spacial score (nSPS) is 20.6. The van der Waals surface area contributed by atoms with Gasteiger partial charge in [0, 0.05) is 17.7 Å². The summed E-state index contributed by atoms with van der Waals surface area (Å²) >= 11 is 0. The van der Waals surface area contributed by atoms with Gasteiger partial charge in [-0.2, -0.15) is 0 Å². The van der Waals surface area contributed by atoms with Crippen LogP contribution < -0.4 is 10.1 Å². The molecular formula is C26H31NO4. The monoisotopic (exact) mass is 421 g/mol. The van der Waals surface area contributed by atoms with Crippen molar-refractivity contribution in [3.63, 3.8) is 0 Å². The van der Waals surface area contributed by atoms with Crippen LogP contribution in [0.5, 0.6) is 5.75 Å². The number of allylic oxidation sites excluding steroid dienone is 1. The maximum absolute atomic E-state index is 12.1. The minimum atomic E-state index is -0.130. The number of ether oxygens (including phenoxy) is 3. The second-order valence-corrected chi connectivity index (χ2v) is 8.24. The molecule has 0 amide bonds. The van der Waals surface area contributed by atoms with Gasteiger partial charge < -0.3 is 19.5 Å². The fraction of sp³-hybridized carbons (Fsp3) is 0.423. The summed E-state index contributed by atoms with van der Waals surface area (Å²) in [4.78, 5) is 12.1. The molecule has 0 radical (unpaired) electrons. The summed E-state index contributed by atoms with van der Waals surface area (Å²) in [7, 11) is 1.47. The number of carbonyl (C=O) groups excluding carboxylic acids is 1. The molecule has 2 aromatic rings. The summed E-state index contributed by atoms with van der Waals surface area (Å²) in [5.41, 5.74) is 4.71. The first kappa shape index (κ1) is 21.3. The summed E-state index contributed by atoms with van der Waals surface area (Å²) < 4.78 is 17.2. The van der Waals surface area contributed by atoms with Crippen molar-refractivity contribution in [2.24, 2.45) is 5.92 Å². The lowest BCUT2D eigenvalue weighted by atomic mass is 9.85. The number of rotatable bonds is 8. The SMILES string of the molecule is CCC(C(=O)OC)C1CCc2cc(OCCC3=C(C)NC(c4ccccc4)O3)ccc21. The lowest BCUT2D eigenvalue weighted by molar-refractivity contribution is -0.146. The van der Waals surface area contributed by atoms with E-state index in [1.165, 1.54) is 18.2 Å². The number of esters is 1. The minimum absolute atomic E-state index is 0.0718. The summed E-state index contributed by atoms with van der Waals surface area (Å²) in [6.45, 7) is 4.65. The third-order valence-electron chi connectivity index (χ3n) is 6.39. The van der Waals surface area contributed by atoms with Crippen LogP contribution in [0.4, 0.5) is 0 Å². The Morgan fingerprint density at radius 3 is 2.77 bits per heavy atom. The molecule has 31 heavy (non-hydrogen) atoms. The first-order valence-corrected chi connectivity index (χ1v) is 11.1. The van der Waals surface area contributed by atoms with Crippen molar-refractivity contribution in [1.29, 1.82) is 0 Å². The van der Waals surface area contributed by atoms with Crippen LogP contribution in [0, 0.1) is 5.92 Å². The number of aryl methyl sites for hydroxylation is 1. The second-order valence-electron chi connectivity index (χ2n) is 8.24. The Kier molecular flexibility index (Phi) is 6.50. The molecule has 0 fully saturated rings. The van der Waals surface area contributed by atoms with Gasteiger partial charge in [-0.15, -0.1) is 0 Å². The Bertz CT molecular complexity index is 953. The Labute approximate surface area is 184 Å². The van der Waals surface area contributed by atoms with Gasteiger partial charge in [0.15, 0.2) is 6.23 Å². The Balaban J connectivity index is 1.33. The average Bonchev–Trinajstić information content (AvgIpc) is 3.38. The van der Waals surface area contributed by atoms with E-state index in [4.69, 9.17) is 14.2 Å². The molecule has 0 spiro atoms. The zero-order chi connectivity index (χ0) is 21.8. The number of nitrogens with one attached hydrogen (secondary N) is 1. The summed E-state index contributed by atoms with van der Waals surface area (Å²) in [5.74, 6) is 1.87. The van der Waals surface area contributed by atoms with Crippen molar-refractivity contribution >= 4 is 5.97 Å². The third kappa shape index (κ3) is 4.55. The first-order chi connectivity index (χ1) is 15.1. The maximum Gasteiger partial charge on any atom is 0.309 e. The quantitative estimate of drug-likeness (QED) is 0.591. The molecule has 0 aromatic heterocycles. The van der Waals surface area contributed by atoms with Gasteiger partial charge in [0.1, 0.15) is 11.5 Å². The van der Waals surface area contributed by atoms with Crippen molar-refractivity contribution in [2.75, 3.05) is 13.7 Å². The summed E-state index contributed by atoms with van der Waals surface area (Å²) in [6, 6.07) is 16.4. The molecule has 1 aliphatic carbocycles. The molecule has 4 rings (SSSR count). The molecular weight excluding hydrogens is 390 g/mol. The van der Waals surface area contributed by atoms with E-state index in [9.17, 15) is 4.79 Å². The second kappa shape index (κ2) is 9.46. The number of hydrogen-bond acceptors (Lipinski definition) is 5. The van der Waals surface area contributed by atoms with Crippen LogP contribution in [0.2, 0.25) is 0 Å². The van der Waals surface area contributed by atoms with Crippen LogP contribution in [0.15, 0.2) is 60.0 Å². The molecule has 164 valence electrons. The average molecular weight is 422 g/mol. The zero-order valence-electron chi connectivity index (χ0n) is 18.5. The van der Waals surface area contributed by atoms with Crippen molar-refractivity contribution in [3.05, 3.63) is 76.7 Å². The van der Waals surface area contributed by atoms with E-state index in [0.717, 1.165) is 42.0 Å². The van der Waals surface area contributed by atoms with Gasteiger partial charge in [-0.1, -0.05) is 43.3 Å². The van der Waals surface area contributed by atoms with E-state index in [0.29, 0.717) is 13.0 Å². The largest absolute Gasteiger partial charge is 0.493 e. The molecule has 1 heterocycles. The fourth-order valence-electron chi connectivity index (χ4n) is 4.73. The van der Waals surface area contributed by atoms with Crippen LogP contribution in [0.1, 0.15) is 61.9 Å². The topological polar surface area (TPSA) is 56.8 Å². The Morgan fingerprint density at radius 2 is 2.03 bits per heavy atom.